The van der Waals surface area contributed by atoms with E-state index in [1.807, 2.05) is 19.9 Å². The Bertz CT molecular complexity index is 610. The molecule has 0 fully saturated rings. The maximum atomic E-state index is 12.5. The molecule has 118 valence electrons. The smallest absolute Gasteiger partial charge is 0.307 e. The highest BCUT2D eigenvalue weighted by Crippen LogP contribution is 2.20. The molecular weight excluding hydrogens is 290 g/mol. The van der Waals surface area contributed by atoms with Gasteiger partial charge in [0.2, 0.25) is 10.0 Å². The summed E-state index contributed by atoms with van der Waals surface area (Å²) in [6, 6.07) is 5.12. The molecule has 6 heteroatoms. The van der Waals surface area contributed by atoms with Gasteiger partial charge < -0.3 is 5.11 Å². The maximum absolute atomic E-state index is 12.5. The van der Waals surface area contributed by atoms with E-state index in [2.05, 4.69) is 0 Å². The Morgan fingerprint density at radius 1 is 1.24 bits per heavy atom. The molecule has 1 unspecified atom stereocenters. The molecule has 1 rings (SSSR count). The molecule has 0 saturated heterocycles. The van der Waals surface area contributed by atoms with E-state index in [0.29, 0.717) is 0 Å². The fourth-order valence-corrected chi connectivity index (χ4v) is 3.49. The first kappa shape index (κ1) is 17.7. The number of nitrogens with zero attached hydrogens (tertiary/aromatic N) is 1. The van der Waals surface area contributed by atoms with Gasteiger partial charge >= 0.3 is 5.97 Å². The Balaban J connectivity index is 3.10. The molecule has 1 aromatic rings. The number of rotatable bonds is 7. The van der Waals surface area contributed by atoms with E-state index < -0.39 is 21.9 Å². The highest BCUT2D eigenvalue weighted by molar-refractivity contribution is 7.89. The van der Waals surface area contributed by atoms with Crippen LogP contribution in [-0.2, 0) is 27.7 Å². The van der Waals surface area contributed by atoms with Crippen molar-refractivity contribution in [3.63, 3.8) is 0 Å². The van der Waals surface area contributed by atoms with Crippen molar-refractivity contribution in [3.8, 4) is 0 Å². The molecule has 0 aromatic heterocycles. The minimum absolute atomic E-state index is 0.0470. The monoisotopic (exact) mass is 313 g/mol. The lowest BCUT2D eigenvalue weighted by Gasteiger charge is -2.20. The summed E-state index contributed by atoms with van der Waals surface area (Å²) in [4.78, 5) is 11.1. The summed E-state index contributed by atoms with van der Waals surface area (Å²) in [5, 5.41) is 8.90. The first-order valence-corrected chi connectivity index (χ1v) is 8.48. The zero-order valence-electron chi connectivity index (χ0n) is 13.0. The van der Waals surface area contributed by atoms with Crippen molar-refractivity contribution in [2.45, 2.75) is 38.5 Å². The summed E-state index contributed by atoms with van der Waals surface area (Å²) in [5.74, 6) is -1.75. The van der Waals surface area contributed by atoms with Gasteiger partial charge in [0.1, 0.15) is 0 Å². The predicted octanol–water partition coefficient (Wildman–Crippen LogP) is 2.15. The van der Waals surface area contributed by atoms with E-state index >= 15 is 0 Å². The fraction of sp³-hybridized carbons (Fsp3) is 0.533. The van der Waals surface area contributed by atoms with Gasteiger partial charge in [-0.1, -0.05) is 26.8 Å². The van der Waals surface area contributed by atoms with Gasteiger partial charge in [-0.2, -0.15) is 0 Å². The van der Waals surface area contributed by atoms with Crippen LogP contribution in [-0.4, -0.2) is 37.4 Å². The van der Waals surface area contributed by atoms with Crippen molar-refractivity contribution >= 4 is 16.0 Å². The van der Waals surface area contributed by atoms with Crippen LogP contribution in [0.15, 0.2) is 23.1 Å². The largest absolute Gasteiger partial charge is 0.481 e. The summed E-state index contributed by atoms with van der Waals surface area (Å²) >= 11 is 0. The molecule has 0 spiro atoms. The average Bonchev–Trinajstić information content (AvgIpc) is 2.45. The Labute approximate surface area is 126 Å². The Morgan fingerprint density at radius 3 is 2.29 bits per heavy atom. The maximum Gasteiger partial charge on any atom is 0.307 e. The van der Waals surface area contributed by atoms with E-state index in [-0.39, 0.29) is 11.4 Å². The SMILES string of the molecule is CCc1ccc(S(=O)(=O)N(C)CC(C)C(=O)O)cc1CC. The lowest BCUT2D eigenvalue weighted by Crippen LogP contribution is -2.33. The first-order chi connectivity index (χ1) is 9.73. The van der Waals surface area contributed by atoms with E-state index in [4.69, 9.17) is 5.11 Å². The third-order valence-electron chi connectivity index (χ3n) is 3.60. The quantitative estimate of drug-likeness (QED) is 0.837. The Morgan fingerprint density at radius 2 is 1.81 bits per heavy atom. The zero-order valence-corrected chi connectivity index (χ0v) is 13.8. The highest BCUT2D eigenvalue weighted by Gasteiger charge is 2.25. The van der Waals surface area contributed by atoms with E-state index in [9.17, 15) is 13.2 Å². The molecule has 1 atom stereocenters. The molecule has 0 radical (unpaired) electrons. The topological polar surface area (TPSA) is 74.7 Å². The number of hydrogen-bond acceptors (Lipinski definition) is 3. The molecule has 0 heterocycles. The molecule has 0 saturated carbocycles. The van der Waals surface area contributed by atoms with Crippen LogP contribution in [0.1, 0.15) is 31.9 Å². The number of carboxylic acids is 1. The molecule has 1 aromatic carbocycles. The van der Waals surface area contributed by atoms with Gasteiger partial charge in [-0.05, 0) is 36.1 Å². The molecule has 21 heavy (non-hydrogen) atoms. The molecule has 0 bridgehead atoms. The number of benzene rings is 1. The van der Waals surface area contributed by atoms with Crippen LogP contribution in [0, 0.1) is 5.92 Å². The van der Waals surface area contributed by atoms with Crippen LogP contribution >= 0.6 is 0 Å². The minimum atomic E-state index is -3.66. The highest BCUT2D eigenvalue weighted by atomic mass is 32.2. The van der Waals surface area contributed by atoms with Crippen LogP contribution in [0.3, 0.4) is 0 Å². The van der Waals surface area contributed by atoms with Gasteiger partial charge in [0.25, 0.3) is 0 Å². The normalized spacial score (nSPS) is 13.4. The number of carbonyl (C=O) groups is 1. The van der Waals surface area contributed by atoms with Crippen molar-refractivity contribution in [1.82, 2.24) is 4.31 Å². The third kappa shape index (κ3) is 4.04. The zero-order chi connectivity index (χ0) is 16.2. The molecule has 1 N–H and O–H groups in total. The Hall–Kier alpha value is -1.40. The summed E-state index contributed by atoms with van der Waals surface area (Å²) in [5.41, 5.74) is 2.15. The van der Waals surface area contributed by atoms with Crippen molar-refractivity contribution in [2.24, 2.45) is 5.92 Å². The van der Waals surface area contributed by atoms with Gasteiger partial charge in [-0.3, -0.25) is 4.79 Å². The van der Waals surface area contributed by atoms with Crippen LogP contribution in [0.5, 0.6) is 0 Å². The van der Waals surface area contributed by atoms with Crippen molar-refractivity contribution in [2.75, 3.05) is 13.6 Å². The van der Waals surface area contributed by atoms with Gasteiger partial charge in [-0.15, -0.1) is 0 Å². The van der Waals surface area contributed by atoms with Crippen molar-refractivity contribution in [3.05, 3.63) is 29.3 Å². The lowest BCUT2D eigenvalue weighted by atomic mass is 10.0. The van der Waals surface area contributed by atoms with Crippen LogP contribution < -0.4 is 0 Å². The van der Waals surface area contributed by atoms with E-state index in [1.165, 1.54) is 14.0 Å². The molecular formula is C15H23NO4S. The van der Waals surface area contributed by atoms with Crippen molar-refractivity contribution in [1.29, 1.82) is 0 Å². The number of aryl methyl sites for hydroxylation is 2. The number of hydrogen-bond donors (Lipinski definition) is 1. The second kappa shape index (κ2) is 7.04. The van der Waals surface area contributed by atoms with E-state index in [1.54, 1.807) is 12.1 Å². The van der Waals surface area contributed by atoms with Crippen LogP contribution in [0.2, 0.25) is 0 Å². The predicted molar refractivity (Wildman–Crippen MR) is 81.8 cm³/mol. The van der Waals surface area contributed by atoms with Crippen molar-refractivity contribution < 1.29 is 18.3 Å². The fourth-order valence-electron chi connectivity index (χ4n) is 2.18. The summed E-state index contributed by atoms with van der Waals surface area (Å²) in [6.45, 7) is 5.46. The summed E-state index contributed by atoms with van der Waals surface area (Å²) < 4.78 is 26.1. The molecule has 0 aliphatic heterocycles. The van der Waals surface area contributed by atoms with E-state index in [0.717, 1.165) is 28.3 Å². The molecule has 0 amide bonds. The van der Waals surface area contributed by atoms with Gasteiger partial charge in [0.15, 0.2) is 0 Å². The molecule has 5 nitrogen and oxygen atoms in total. The lowest BCUT2D eigenvalue weighted by molar-refractivity contribution is -0.141. The van der Waals surface area contributed by atoms with Gasteiger partial charge in [0.05, 0.1) is 10.8 Å². The number of carboxylic acid groups (broad SMARTS) is 1. The third-order valence-corrected chi connectivity index (χ3v) is 5.42. The molecule has 0 aliphatic carbocycles. The second-order valence-corrected chi connectivity index (χ2v) is 7.21. The Kier molecular flexibility index (Phi) is 5.92. The first-order valence-electron chi connectivity index (χ1n) is 7.04. The summed E-state index contributed by atoms with van der Waals surface area (Å²) in [7, 11) is -2.24. The minimum Gasteiger partial charge on any atom is -0.481 e. The number of sulfonamides is 1. The number of aliphatic carboxylic acids is 1. The van der Waals surface area contributed by atoms with Crippen LogP contribution in [0.4, 0.5) is 0 Å². The average molecular weight is 313 g/mol. The summed E-state index contributed by atoms with van der Waals surface area (Å²) in [6.07, 6.45) is 1.62. The molecule has 0 aliphatic rings. The van der Waals surface area contributed by atoms with Gasteiger partial charge in [0, 0.05) is 13.6 Å². The second-order valence-electron chi connectivity index (χ2n) is 5.16. The standard InChI is InChI=1S/C15H23NO4S/c1-5-12-7-8-14(9-13(12)6-2)21(19,20)16(4)10-11(3)15(17)18/h7-9,11H,5-6,10H2,1-4H3,(H,17,18). The van der Waals surface area contributed by atoms with Gasteiger partial charge in [-0.25, -0.2) is 12.7 Å². The van der Waals surface area contributed by atoms with Crippen LogP contribution in [0.25, 0.3) is 0 Å².